The average molecular weight is 415 g/mol. The molecule has 0 spiro atoms. The first-order valence-electron chi connectivity index (χ1n) is 10.3. The van der Waals surface area contributed by atoms with Crippen molar-refractivity contribution in [2.45, 2.75) is 34.2 Å². The van der Waals surface area contributed by atoms with Gasteiger partial charge < -0.3 is 5.32 Å². The first-order valence-corrected chi connectivity index (χ1v) is 10.3. The first kappa shape index (κ1) is 20.5. The van der Waals surface area contributed by atoms with Gasteiger partial charge in [0.2, 0.25) is 0 Å². The molecule has 2 heterocycles. The maximum absolute atomic E-state index is 13.2. The number of benzene rings is 2. The fraction of sp³-hybridized carbons (Fsp3) is 0.250. The van der Waals surface area contributed by atoms with Gasteiger partial charge in [-0.1, -0.05) is 38.1 Å². The van der Waals surface area contributed by atoms with Crippen molar-refractivity contribution in [1.29, 1.82) is 0 Å². The molecule has 0 saturated heterocycles. The summed E-state index contributed by atoms with van der Waals surface area (Å²) in [5, 5.41) is 12.9. The van der Waals surface area contributed by atoms with Crippen molar-refractivity contribution < 1.29 is 4.79 Å². The van der Waals surface area contributed by atoms with Crippen molar-refractivity contribution in [1.82, 2.24) is 19.6 Å². The van der Waals surface area contributed by atoms with E-state index >= 15 is 0 Å². The zero-order chi connectivity index (χ0) is 22.1. The predicted octanol–water partition coefficient (Wildman–Crippen LogP) is 4.11. The quantitative estimate of drug-likeness (QED) is 0.532. The number of amides is 1. The van der Waals surface area contributed by atoms with Crippen LogP contribution in [0.4, 0.5) is 5.69 Å². The Labute approximate surface area is 180 Å². The number of carbonyl (C=O) groups excluding carboxylic acids is 1. The van der Waals surface area contributed by atoms with Gasteiger partial charge in [0.15, 0.2) is 5.69 Å². The molecule has 0 aliphatic heterocycles. The van der Waals surface area contributed by atoms with Gasteiger partial charge in [0, 0.05) is 23.3 Å². The molecule has 0 saturated carbocycles. The molecule has 0 unspecified atom stereocenters. The van der Waals surface area contributed by atoms with Crippen molar-refractivity contribution in [3.63, 3.8) is 0 Å². The van der Waals surface area contributed by atoms with E-state index in [-0.39, 0.29) is 23.1 Å². The van der Waals surface area contributed by atoms with Crippen LogP contribution >= 0.6 is 0 Å². The zero-order valence-electron chi connectivity index (χ0n) is 18.1. The normalized spacial score (nSPS) is 11.3. The summed E-state index contributed by atoms with van der Waals surface area (Å²) in [6.45, 7) is 8.38. The molecule has 1 N–H and O–H groups in total. The third-order valence-electron chi connectivity index (χ3n) is 4.98. The molecule has 2 aromatic heterocycles. The number of hydrogen-bond donors (Lipinski definition) is 1. The minimum Gasteiger partial charge on any atom is -0.321 e. The highest BCUT2D eigenvalue weighted by atomic mass is 16.2. The molecule has 0 aliphatic carbocycles. The van der Waals surface area contributed by atoms with E-state index < -0.39 is 0 Å². The number of carbonyl (C=O) groups is 1. The van der Waals surface area contributed by atoms with Crippen LogP contribution in [-0.2, 0) is 6.54 Å². The highest BCUT2D eigenvalue weighted by Gasteiger charge is 2.17. The van der Waals surface area contributed by atoms with Crippen LogP contribution in [0.5, 0.6) is 0 Å². The minimum atomic E-state index is -0.362. The highest BCUT2D eigenvalue weighted by Crippen LogP contribution is 2.19. The van der Waals surface area contributed by atoms with E-state index in [2.05, 4.69) is 15.5 Å². The lowest BCUT2D eigenvalue weighted by atomic mass is 10.1. The van der Waals surface area contributed by atoms with Crippen molar-refractivity contribution >= 4 is 22.4 Å². The van der Waals surface area contributed by atoms with Crippen LogP contribution in [0.25, 0.3) is 16.5 Å². The molecule has 31 heavy (non-hydrogen) atoms. The van der Waals surface area contributed by atoms with Crippen LogP contribution in [0.15, 0.2) is 59.4 Å². The second kappa shape index (κ2) is 8.18. The summed E-state index contributed by atoms with van der Waals surface area (Å²) in [5.41, 5.74) is 3.46. The lowest BCUT2D eigenvalue weighted by Crippen LogP contribution is -2.29. The number of nitrogens with zero attached hydrogens (tertiary/aromatic N) is 4. The summed E-state index contributed by atoms with van der Waals surface area (Å²) in [6.07, 6.45) is 0. The Bertz CT molecular complexity index is 1330. The van der Waals surface area contributed by atoms with E-state index in [1.807, 2.05) is 62.7 Å². The fourth-order valence-corrected chi connectivity index (χ4v) is 3.67. The first-order chi connectivity index (χ1) is 14.8. The van der Waals surface area contributed by atoms with Gasteiger partial charge in [-0.3, -0.25) is 9.59 Å². The largest absolute Gasteiger partial charge is 0.321 e. The Balaban J connectivity index is 1.72. The van der Waals surface area contributed by atoms with E-state index in [0.717, 1.165) is 17.1 Å². The van der Waals surface area contributed by atoms with Gasteiger partial charge in [-0.05, 0) is 50.1 Å². The highest BCUT2D eigenvalue weighted by molar-refractivity contribution is 6.11. The van der Waals surface area contributed by atoms with Gasteiger partial charge in [-0.2, -0.15) is 10.2 Å². The number of nitrogens with one attached hydrogen (secondary N) is 1. The minimum absolute atomic E-state index is 0.188. The molecule has 2 aromatic carbocycles. The third kappa shape index (κ3) is 4.12. The van der Waals surface area contributed by atoms with Crippen LogP contribution in [0.2, 0.25) is 0 Å². The standard InChI is InChI=1S/C24H25N5O2/c1-15(2)14-28-24(31)21-11-6-5-10-20(21)22(27-28)23(30)25-18-8-7-9-19(13-18)29-17(4)12-16(3)26-29/h5-13,15H,14H2,1-4H3,(H,25,30). The van der Waals surface area contributed by atoms with Crippen LogP contribution < -0.4 is 10.9 Å². The summed E-state index contributed by atoms with van der Waals surface area (Å²) in [7, 11) is 0. The topological polar surface area (TPSA) is 81.8 Å². The number of hydrogen-bond acceptors (Lipinski definition) is 4. The molecule has 4 aromatic rings. The second-order valence-corrected chi connectivity index (χ2v) is 8.12. The molecule has 7 heteroatoms. The van der Waals surface area contributed by atoms with Gasteiger partial charge in [0.25, 0.3) is 11.5 Å². The smallest absolute Gasteiger partial charge is 0.276 e. The molecule has 0 fully saturated rings. The summed E-state index contributed by atoms with van der Waals surface area (Å²) < 4.78 is 3.22. The van der Waals surface area contributed by atoms with Crippen LogP contribution in [0.3, 0.4) is 0 Å². The lowest BCUT2D eigenvalue weighted by molar-refractivity contribution is 0.102. The number of aromatic nitrogens is 4. The average Bonchev–Trinajstić information content (AvgIpc) is 3.08. The molecule has 7 nitrogen and oxygen atoms in total. The number of rotatable bonds is 5. The lowest BCUT2D eigenvalue weighted by Gasteiger charge is -2.13. The molecule has 0 aliphatic rings. The van der Waals surface area contributed by atoms with Crippen LogP contribution in [-0.4, -0.2) is 25.5 Å². The van der Waals surface area contributed by atoms with Crippen LogP contribution in [0, 0.1) is 19.8 Å². The summed E-state index contributed by atoms with van der Waals surface area (Å²) in [6, 6.07) is 16.6. The van der Waals surface area contributed by atoms with Crippen LogP contribution in [0.1, 0.15) is 35.7 Å². The zero-order valence-corrected chi connectivity index (χ0v) is 18.1. The molecular weight excluding hydrogens is 390 g/mol. The van der Waals surface area contributed by atoms with Gasteiger partial charge in [0.05, 0.1) is 16.8 Å². The molecular formula is C24H25N5O2. The number of aryl methyl sites for hydroxylation is 2. The molecule has 0 atom stereocenters. The van der Waals surface area contributed by atoms with E-state index in [1.54, 1.807) is 24.3 Å². The van der Waals surface area contributed by atoms with E-state index in [4.69, 9.17) is 0 Å². The van der Waals surface area contributed by atoms with Gasteiger partial charge in [-0.15, -0.1) is 0 Å². The van der Waals surface area contributed by atoms with Crippen molar-refractivity contribution in [3.8, 4) is 5.69 Å². The summed E-state index contributed by atoms with van der Waals surface area (Å²) in [5.74, 6) is -0.140. The molecule has 4 rings (SSSR count). The van der Waals surface area contributed by atoms with E-state index in [9.17, 15) is 9.59 Å². The summed E-state index contributed by atoms with van der Waals surface area (Å²) >= 11 is 0. The molecule has 158 valence electrons. The van der Waals surface area contributed by atoms with Gasteiger partial charge >= 0.3 is 0 Å². The Morgan fingerprint density at radius 2 is 1.74 bits per heavy atom. The molecule has 1 amide bonds. The number of anilines is 1. The Morgan fingerprint density at radius 3 is 2.42 bits per heavy atom. The van der Waals surface area contributed by atoms with Crippen molar-refractivity contribution in [3.05, 3.63) is 82.0 Å². The van der Waals surface area contributed by atoms with Crippen molar-refractivity contribution in [2.75, 3.05) is 5.32 Å². The van der Waals surface area contributed by atoms with Gasteiger partial charge in [0.1, 0.15) is 0 Å². The third-order valence-corrected chi connectivity index (χ3v) is 4.98. The summed E-state index contributed by atoms with van der Waals surface area (Å²) in [4.78, 5) is 26.0. The Hall–Kier alpha value is -3.74. The number of fused-ring (bicyclic) bond motifs is 1. The Morgan fingerprint density at radius 1 is 1.00 bits per heavy atom. The maximum atomic E-state index is 13.2. The second-order valence-electron chi connectivity index (χ2n) is 8.12. The SMILES string of the molecule is Cc1cc(C)n(-c2cccc(NC(=O)c3nn(CC(C)C)c(=O)c4ccccc34)c2)n1. The fourth-order valence-electron chi connectivity index (χ4n) is 3.67. The van der Waals surface area contributed by atoms with E-state index in [0.29, 0.717) is 23.0 Å². The van der Waals surface area contributed by atoms with E-state index in [1.165, 1.54) is 4.68 Å². The molecule has 0 bridgehead atoms. The molecule has 0 radical (unpaired) electrons. The Kier molecular flexibility index (Phi) is 5.42. The van der Waals surface area contributed by atoms with Gasteiger partial charge in [-0.25, -0.2) is 9.36 Å². The monoisotopic (exact) mass is 415 g/mol. The predicted molar refractivity (Wildman–Crippen MR) is 122 cm³/mol. The van der Waals surface area contributed by atoms with Crippen molar-refractivity contribution in [2.24, 2.45) is 5.92 Å². The maximum Gasteiger partial charge on any atom is 0.276 e.